The summed E-state index contributed by atoms with van der Waals surface area (Å²) >= 11 is 0. The maximum atomic E-state index is 12.9. The first kappa shape index (κ1) is 29.9. The van der Waals surface area contributed by atoms with E-state index in [1.165, 1.54) is 64.2 Å². The summed E-state index contributed by atoms with van der Waals surface area (Å²) in [5.74, 6) is -2.28. The number of hydrogen-bond donors (Lipinski definition) is 2. The Bertz CT molecular complexity index is 974. The first-order valence-electron chi connectivity index (χ1n) is 14.9. The lowest BCUT2D eigenvalue weighted by Gasteiger charge is -2.24. The molecule has 2 aromatic rings. The van der Waals surface area contributed by atoms with Crippen molar-refractivity contribution >= 4 is 11.9 Å². The highest BCUT2D eigenvalue weighted by atomic mass is 16.5. The van der Waals surface area contributed by atoms with Crippen LogP contribution in [0.2, 0.25) is 0 Å². The summed E-state index contributed by atoms with van der Waals surface area (Å²) in [6, 6.07) is 16.1. The third kappa shape index (κ3) is 8.17. The van der Waals surface area contributed by atoms with Crippen molar-refractivity contribution in [2.24, 2.45) is 5.73 Å². The van der Waals surface area contributed by atoms with Gasteiger partial charge in [0.2, 0.25) is 5.54 Å². The molecule has 0 fully saturated rings. The number of rotatable bonds is 19. The normalized spacial score (nSPS) is 14.1. The second kappa shape index (κ2) is 15.7. The van der Waals surface area contributed by atoms with Crippen LogP contribution in [0, 0.1) is 0 Å². The molecule has 0 aliphatic heterocycles. The van der Waals surface area contributed by atoms with Crippen molar-refractivity contribution in [1.29, 1.82) is 0 Å². The molecular formula is C33H47NO4. The van der Waals surface area contributed by atoms with E-state index >= 15 is 0 Å². The number of fused-ring (bicyclic) bond motifs is 3. The van der Waals surface area contributed by atoms with Gasteiger partial charge in [-0.2, -0.15) is 0 Å². The average molecular weight is 522 g/mol. The molecule has 5 heteroatoms. The van der Waals surface area contributed by atoms with E-state index in [0.717, 1.165) is 41.5 Å². The Morgan fingerprint density at radius 1 is 0.737 bits per heavy atom. The lowest BCUT2D eigenvalue weighted by molar-refractivity contribution is -0.161. The molecule has 38 heavy (non-hydrogen) atoms. The van der Waals surface area contributed by atoms with Crippen LogP contribution >= 0.6 is 0 Å². The van der Waals surface area contributed by atoms with Gasteiger partial charge in [-0.1, -0.05) is 145 Å². The van der Waals surface area contributed by atoms with Crippen LogP contribution in [0.4, 0.5) is 0 Å². The van der Waals surface area contributed by atoms with Crippen LogP contribution < -0.4 is 5.73 Å². The van der Waals surface area contributed by atoms with Gasteiger partial charge < -0.3 is 15.6 Å². The number of benzene rings is 2. The van der Waals surface area contributed by atoms with E-state index in [1.807, 2.05) is 36.4 Å². The standard InChI is InChI=1S/C33H47NO4/c1-2-3-4-5-6-7-8-9-10-11-12-13-14-19-24-33(34,31(35)36)32(37)38-25-30-28-22-17-15-20-26(28)27-21-16-18-23-29(27)30/h15-18,20-23,30H,2-14,19,24-25,34H2,1H3,(H,35,36). The molecule has 0 heterocycles. The number of carboxylic acids is 1. The SMILES string of the molecule is CCCCCCCCCCCCCCCCC(N)(C(=O)O)C(=O)OCC1c2ccccc2-c2ccccc21. The Hall–Kier alpha value is -2.66. The van der Waals surface area contributed by atoms with Gasteiger partial charge in [0.15, 0.2) is 0 Å². The van der Waals surface area contributed by atoms with Gasteiger partial charge in [-0.3, -0.25) is 0 Å². The molecule has 1 atom stereocenters. The second-order valence-electron chi connectivity index (χ2n) is 10.9. The Balaban J connectivity index is 1.35. The summed E-state index contributed by atoms with van der Waals surface area (Å²) < 4.78 is 5.59. The van der Waals surface area contributed by atoms with Crippen LogP contribution in [0.1, 0.15) is 120 Å². The molecule has 0 radical (unpaired) electrons. The van der Waals surface area contributed by atoms with E-state index in [-0.39, 0.29) is 18.9 Å². The van der Waals surface area contributed by atoms with Crippen molar-refractivity contribution in [3.63, 3.8) is 0 Å². The van der Waals surface area contributed by atoms with Gasteiger partial charge in [0.25, 0.3) is 0 Å². The monoisotopic (exact) mass is 521 g/mol. The van der Waals surface area contributed by atoms with Crippen molar-refractivity contribution in [2.75, 3.05) is 6.61 Å². The van der Waals surface area contributed by atoms with Crippen molar-refractivity contribution in [1.82, 2.24) is 0 Å². The topological polar surface area (TPSA) is 89.6 Å². The zero-order chi connectivity index (χ0) is 27.2. The van der Waals surface area contributed by atoms with Crippen molar-refractivity contribution < 1.29 is 19.4 Å². The maximum Gasteiger partial charge on any atom is 0.337 e. The van der Waals surface area contributed by atoms with E-state index in [2.05, 4.69) is 19.1 Å². The summed E-state index contributed by atoms with van der Waals surface area (Å²) in [5, 5.41) is 9.79. The molecule has 0 bridgehead atoms. The molecule has 5 nitrogen and oxygen atoms in total. The molecule has 3 N–H and O–H groups in total. The molecule has 208 valence electrons. The molecule has 1 aliphatic rings. The number of carboxylic acid groups (broad SMARTS) is 1. The molecule has 0 saturated carbocycles. The first-order valence-corrected chi connectivity index (χ1v) is 14.9. The van der Waals surface area contributed by atoms with Gasteiger partial charge in [0, 0.05) is 5.92 Å². The Morgan fingerprint density at radius 3 is 1.61 bits per heavy atom. The minimum absolute atomic E-state index is 0.0812. The number of esters is 1. The number of carbonyl (C=O) groups is 2. The highest BCUT2D eigenvalue weighted by molar-refractivity contribution is 6.03. The fourth-order valence-electron chi connectivity index (χ4n) is 5.62. The Kier molecular flexibility index (Phi) is 12.3. The predicted molar refractivity (Wildman–Crippen MR) is 154 cm³/mol. The van der Waals surface area contributed by atoms with Gasteiger partial charge in [0.05, 0.1) is 0 Å². The van der Waals surface area contributed by atoms with Crippen LogP contribution in [-0.4, -0.2) is 29.2 Å². The lowest BCUT2D eigenvalue weighted by Crippen LogP contribution is -2.56. The Morgan fingerprint density at radius 2 is 1.16 bits per heavy atom. The largest absolute Gasteiger partial charge is 0.479 e. The predicted octanol–water partition coefficient (Wildman–Crippen LogP) is 8.00. The zero-order valence-electron chi connectivity index (χ0n) is 23.3. The van der Waals surface area contributed by atoms with Crippen LogP contribution in [-0.2, 0) is 14.3 Å². The van der Waals surface area contributed by atoms with E-state index < -0.39 is 17.5 Å². The van der Waals surface area contributed by atoms with E-state index in [4.69, 9.17) is 10.5 Å². The second-order valence-corrected chi connectivity index (χ2v) is 10.9. The number of hydrogen-bond acceptors (Lipinski definition) is 4. The number of ether oxygens (including phenoxy) is 1. The first-order chi connectivity index (χ1) is 18.5. The number of carbonyl (C=O) groups excluding carboxylic acids is 1. The van der Waals surface area contributed by atoms with Crippen LogP contribution in [0.15, 0.2) is 48.5 Å². The van der Waals surface area contributed by atoms with Crippen LogP contribution in [0.5, 0.6) is 0 Å². The van der Waals surface area contributed by atoms with Crippen LogP contribution in [0.25, 0.3) is 11.1 Å². The van der Waals surface area contributed by atoms with Gasteiger partial charge in [-0.15, -0.1) is 0 Å². The van der Waals surface area contributed by atoms with E-state index in [0.29, 0.717) is 6.42 Å². The van der Waals surface area contributed by atoms with Crippen molar-refractivity contribution in [3.8, 4) is 11.1 Å². The van der Waals surface area contributed by atoms with Gasteiger partial charge >= 0.3 is 11.9 Å². The van der Waals surface area contributed by atoms with E-state index in [9.17, 15) is 14.7 Å². The van der Waals surface area contributed by atoms with Crippen molar-refractivity contribution in [3.05, 3.63) is 59.7 Å². The van der Waals surface area contributed by atoms with Gasteiger partial charge in [-0.25, -0.2) is 9.59 Å². The molecule has 2 aromatic carbocycles. The van der Waals surface area contributed by atoms with Crippen molar-refractivity contribution in [2.45, 2.75) is 115 Å². The fraction of sp³-hybridized carbons (Fsp3) is 0.576. The molecule has 0 spiro atoms. The average Bonchev–Trinajstić information content (AvgIpc) is 3.25. The molecule has 1 aliphatic carbocycles. The summed E-state index contributed by atoms with van der Waals surface area (Å²) in [5.41, 5.74) is 8.56. The summed E-state index contributed by atoms with van der Waals surface area (Å²) in [6.45, 7) is 2.33. The fourth-order valence-corrected chi connectivity index (χ4v) is 5.62. The van der Waals surface area contributed by atoms with Crippen LogP contribution in [0.3, 0.4) is 0 Å². The summed E-state index contributed by atoms with van der Waals surface area (Å²) in [4.78, 5) is 24.9. The highest BCUT2D eigenvalue weighted by Gasteiger charge is 2.44. The quantitative estimate of drug-likeness (QED) is 0.111. The lowest BCUT2D eigenvalue weighted by atomic mass is 9.92. The molecule has 0 aromatic heterocycles. The number of aliphatic carboxylic acids is 1. The smallest absolute Gasteiger partial charge is 0.337 e. The third-order valence-corrected chi connectivity index (χ3v) is 8.01. The molecule has 3 rings (SSSR count). The number of nitrogens with two attached hydrogens (primary N) is 1. The number of unbranched alkanes of at least 4 members (excludes halogenated alkanes) is 13. The molecule has 1 unspecified atom stereocenters. The summed E-state index contributed by atoms with van der Waals surface area (Å²) in [6.07, 6.45) is 17.0. The Labute approximate surface area is 229 Å². The van der Waals surface area contributed by atoms with E-state index in [1.54, 1.807) is 0 Å². The third-order valence-electron chi connectivity index (χ3n) is 8.01. The minimum atomic E-state index is -2.01. The van der Waals surface area contributed by atoms with Gasteiger partial charge in [-0.05, 0) is 28.7 Å². The zero-order valence-corrected chi connectivity index (χ0v) is 23.3. The summed E-state index contributed by atoms with van der Waals surface area (Å²) in [7, 11) is 0. The highest BCUT2D eigenvalue weighted by Crippen LogP contribution is 2.44. The maximum absolute atomic E-state index is 12.9. The minimum Gasteiger partial charge on any atom is -0.479 e. The molecule has 0 amide bonds. The molecular weight excluding hydrogens is 474 g/mol. The van der Waals surface area contributed by atoms with Gasteiger partial charge in [0.1, 0.15) is 6.61 Å². The molecule has 0 saturated heterocycles.